The van der Waals surface area contributed by atoms with Gasteiger partial charge in [-0.2, -0.15) is 0 Å². The van der Waals surface area contributed by atoms with Gasteiger partial charge < -0.3 is 14.4 Å². The molecule has 5 heteroatoms. The lowest BCUT2D eigenvalue weighted by atomic mass is 10.0. The Labute approximate surface area is 149 Å². The maximum Gasteiger partial charge on any atom is 0.236 e. The van der Waals surface area contributed by atoms with E-state index in [4.69, 9.17) is 9.47 Å². The molecule has 4 rings (SSSR count). The molecule has 3 fully saturated rings. The Hall–Kier alpha value is -1.43. The van der Waals surface area contributed by atoms with Crippen LogP contribution in [0.3, 0.4) is 0 Å². The van der Waals surface area contributed by atoms with Crippen molar-refractivity contribution in [2.24, 2.45) is 0 Å². The SMILES string of the molecule is Cc1ccc(C2CCCN2CC(=O)N2CCC3(CC2)OCCO3)cc1. The Morgan fingerprint density at radius 2 is 1.80 bits per heavy atom. The molecule has 0 aromatic heterocycles. The van der Waals surface area contributed by atoms with Crippen LogP contribution in [0.2, 0.25) is 0 Å². The Morgan fingerprint density at radius 1 is 1.12 bits per heavy atom. The third-order valence-corrected chi connectivity index (χ3v) is 5.86. The van der Waals surface area contributed by atoms with Crippen LogP contribution in [-0.2, 0) is 14.3 Å². The maximum atomic E-state index is 12.8. The number of nitrogens with zero attached hydrogens (tertiary/aromatic N) is 2. The van der Waals surface area contributed by atoms with E-state index >= 15 is 0 Å². The van der Waals surface area contributed by atoms with Gasteiger partial charge >= 0.3 is 0 Å². The van der Waals surface area contributed by atoms with Crippen molar-refractivity contribution in [3.63, 3.8) is 0 Å². The van der Waals surface area contributed by atoms with Gasteiger partial charge in [0.05, 0.1) is 19.8 Å². The van der Waals surface area contributed by atoms with Crippen molar-refractivity contribution in [2.45, 2.75) is 44.4 Å². The summed E-state index contributed by atoms with van der Waals surface area (Å²) < 4.78 is 11.5. The molecule has 1 amide bonds. The predicted octanol–water partition coefficient (Wildman–Crippen LogP) is 2.50. The summed E-state index contributed by atoms with van der Waals surface area (Å²) in [6, 6.07) is 9.13. The fourth-order valence-corrected chi connectivity index (χ4v) is 4.34. The van der Waals surface area contributed by atoms with Crippen LogP contribution >= 0.6 is 0 Å². The average Bonchev–Trinajstić information content (AvgIpc) is 3.26. The molecule has 0 N–H and O–H groups in total. The van der Waals surface area contributed by atoms with Gasteiger partial charge in [0.25, 0.3) is 0 Å². The zero-order valence-electron chi connectivity index (χ0n) is 15.1. The number of piperidine rings is 1. The fraction of sp³-hybridized carbons (Fsp3) is 0.650. The number of ether oxygens (including phenoxy) is 2. The molecule has 3 aliphatic heterocycles. The van der Waals surface area contributed by atoms with Gasteiger partial charge in [-0.15, -0.1) is 0 Å². The first kappa shape index (κ1) is 17.0. The van der Waals surface area contributed by atoms with Crippen LogP contribution in [0.1, 0.15) is 42.9 Å². The van der Waals surface area contributed by atoms with E-state index in [0.29, 0.717) is 25.8 Å². The summed E-state index contributed by atoms with van der Waals surface area (Å²) in [4.78, 5) is 17.1. The lowest BCUT2D eigenvalue weighted by molar-refractivity contribution is -0.187. The lowest BCUT2D eigenvalue weighted by Crippen LogP contribution is -2.49. The molecule has 1 unspecified atom stereocenters. The van der Waals surface area contributed by atoms with Crippen molar-refractivity contribution in [3.05, 3.63) is 35.4 Å². The van der Waals surface area contributed by atoms with Crippen LogP contribution in [0.15, 0.2) is 24.3 Å². The van der Waals surface area contributed by atoms with E-state index in [9.17, 15) is 4.79 Å². The molecule has 25 heavy (non-hydrogen) atoms. The Kier molecular flexibility index (Phi) is 4.80. The van der Waals surface area contributed by atoms with E-state index in [1.165, 1.54) is 11.1 Å². The first-order chi connectivity index (χ1) is 12.2. The third kappa shape index (κ3) is 3.59. The molecule has 1 spiro atoms. The Morgan fingerprint density at radius 3 is 2.48 bits per heavy atom. The molecule has 5 nitrogen and oxygen atoms in total. The number of likely N-dealkylation sites (tertiary alicyclic amines) is 2. The summed E-state index contributed by atoms with van der Waals surface area (Å²) in [6.07, 6.45) is 3.89. The molecule has 0 aliphatic carbocycles. The normalized spacial score (nSPS) is 26.4. The highest BCUT2D eigenvalue weighted by atomic mass is 16.7. The summed E-state index contributed by atoms with van der Waals surface area (Å²) in [7, 11) is 0. The van der Waals surface area contributed by atoms with E-state index in [-0.39, 0.29) is 5.91 Å². The lowest BCUT2D eigenvalue weighted by Gasteiger charge is -2.38. The molecule has 3 heterocycles. The first-order valence-electron chi connectivity index (χ1n) is 9.52. The number of carbonyl (C=O) groups is 1. The van der Waals surface area contributed by atoms with Gasteiger partial charge in [0.15, 0.2) is 5.79 Å². The molecule has 136 valence electrons. The van der Waals surface area contributed by atoms with Gasteiger partial charge in [0, 0.05) is 32.0 Å². The second-order valence-electron chi connectivity index (χ2n) is 7.53. The number of hydrogen-bond acceptors (Lipinski definition) is 4. The van der Waals surface area contributed by atoms with Gasteiger partial charge in [0.2, 0.25) is 5.91 Å². The first-order valence-corrected chi connectivity index (χ1v) is 9.52. The Balaban J connectivity index is 1.35. The van der Waals surface area contributed by atoms with Crippen molar-refractivity contribution >= 4 is 5.91 Å². The molecule has 0 radical (unpaired) electrons. The third-order valence-electron chi connectivity index (χ3n) is 5.86. The number of benzene rings is 1. The zero-order chi connectivity index (χ0) is 17.3. The number of carbonyl (C=O) groups excluding carboxylic acids is 1. The van der Waals surface area contributed by atoms with Gasteiger partial charge in [0.1, 0.15) is 0 Å². The van der Waals surface area contributed by atoms with Crippen molar-refractivity contribution in [2.75, 3.05) is 39.4 Å². The fourth-order valence-electron chi connectivity index (χ4n) is 4.34. The quantitative estimate of drug-likeness (QED) is 0.845. The largest absolute Gasteiger partial charge is 0.347 e. The smallest absolute Gasteiger partial charge is 0.236 e. The van der Waals surface area contributed by atoms with E-state index in [1.54, 1.807) is 0 Å². The van der Waals surface area contributed by atoms with Gasteiger partial charge in [-0.05, 0) is 31.9 Å². The molecule has 3 aliphatic rings. The van der Waals surface area contributed by atoms with Crippen LogP contribution in [-0.4, -0.2) is 60.9 Å². The predicted molar refractivity (Wildman–Crippen MR) is 95.2 cm³/mol. The topological polar surface area (TPSA) is 42.0 Å². The van der Waals surface area contributed by atoms with E-state index in [2.05, 4.69) is 36.1 Å². The van der Waals surface area contributed by atoms with Gasteiger partial charge in [-0.1, -0.05) is 29.8 Å². The van der Waals surface area contributed by atoms with Crippen LogP contribution in [0.4, 0.5) is 0 Å². The number of amides is 1. The molecule has 1 atom stereocenters. The Bertz CT molecular complexity index is 600. The summed E-state index contributed by atoms with van der Waals surface area (Å²) in [5, 5.41) is 0. The monoisotopic (exact) mass is 344 g/mol. The standard InChI is InChI=1S/C20H28N2O3/c1-16-4-6-17(7-5-16)18-3-2-10-22(18)15-19(23)21-11-8-20(9-12-21)24-13-14-25-20/h4-7,18H,2-3,8-15H2,1H3. The van der Waals surface area contributed by atoms with Gasteiger partial charge in [-0.25, -0.2) is 0 Å². The molecule has 0 bridgehead atoms. The zero-order valence-corrected chi connectivity index (χ0v) is 15.1. The van der Waals surface area contributed by atoms with Crippen LogP contribution in [0, 0.1) is 6.92 Å². The number of rotatable bonds is 3. The van der Waals surface area contributed by atoms with Crippen LogP contribution in [0.5, 0.6) is 0 Å². The second kappa shape index (κ2) is 7.06. The average molecular weight is 344 g/mol. The van der Waals surface area contributed by atoms with E-state index < -0.39 is 5.79 Å². The van der Waals surface area contributed by atoms with Crippen LogP contribution in [0.25, 0.3) is 0 Å². The van der Waals surface area contributed by atoms with E-state index in [0.717, 1.165) is 45.3 Å². The molecule has 1 aromatic rings. The van der Waals surface area contributed by atoms with Crippen molar-refractivity contribution in [3.8, 4) is 0 Å². The highest BCUT2D eigenvalue weighted by molar-refractivity contribution is 5.78. The minimum Gasteiger partial charge on any atom is -0.347 e. The van der Waals surface area contributed by atoms with Crippen molar-refractivity contribution in [1.29, 1.82) is 0 Å². The van der Waals surface area contributed by atoms with Crippen molar-refractivity contribution < 1.29 is 14.3 Å². The highest BCUT2D eigenvalue weighted by Gasteiger charge is 2.41. The summed E-state index contributed by atoms with van der Waals surface area (Å²) in [6.45, 7) is 6.48. The number of aryl methyl sites for hydroxylation is 1. The molecule has 0 saturated carbocycles. The summed E-state index contributed by atoms with van der Waals surface area (Å²) >= 11 is 0. The molecule has 3 saturated heterocycles. The van der Waals surface area contributed by atoms with Crippen molar-refractivity contribution in [1.82, 2.24) is 9.80 Å². The molecular formula is C20H28N2O3. The van der Waals surface area contributed by atoms with Crippen LogP contribution < -0.4 is 0 Å². The summed E-state index contributed by atoms with van der Waals surface area (Å²) in [5.41, 5.74) is 2.62. The highest BCUT2D eigenvalue weighted by Crippen LogP contribution is 2.33. The number of hydrogen-bond donors (Lipinski definition) is 0. The molecule has 1 aromatic carbocycles. The van der Waals surface area contributed by atoms with E-state index in [1.807, 2.05) is 4.90 Å². The minimum absolute atomic E-state index is 0.242. The minimum atomic E-state index is -0.408. The van der Waals surface area contributed by atoms with Gasteiger partial charge in [-0.3, -0.25) is 9.69 Å². The summed E-state index contributed by atoms with van der Waals surface area (Å²) in [5.74, 6) is -0.165. The maximum absolute atomic E-state index is 12.8. The second-order valence-corrected chi connectivity index (χ2v) is 7.53. The molecular weight excluding hydrogens is 316 g/mol.